The number of nitrogens with two attached hydrogens (primary N) is 1. The van der Waals surface area contributed by atoms with Gasteiger partial charge < -0.3 is 15.5 Å². The van der Waals surface area contributed by atoms with Crippen LogP contribution in [0.3, 0.4) is 0 Å². The van der Waals surface area contributed by atoms with Crippen LogP contribution in [-0.2, 0) is 10.2 Å². The summed E-state index contributed by atoms with van der Waals surface area (Å²) >= 11 is 0. The van der Waals surface area contributed by atoms with Crippen LogP contribution in [0.4, 0.5) is 10.5 Å². The Labute approximate surface area is 166 Å². The van der Waals surface area contributed by atoms with E-state index >= 15 is 0 Å². The summed E-state index contributed by atoms with van der Waals surface area (Å²) in [5.74, 6) is -0.378. The fourth-order valence-electron chi connectivity index (χ4n) is 5.84. The second-order valence-corrected chi connectivity index (χ2v) is 9.18. The van der Waals surface area contributed by atoms with Crippen LogP contribution in [0.15, 0.2) is 24.3 Å². The van der Waals surface area contributed by atoms with Crippen molar-refractivity contribution in [3.8, 4) is 0 Å². The molecule has 0 radical (unpaired) electrons. The molecule has 3 aliphatic heterocycles. The average Bonchev–Trinajstić information content (AvgIpc) is 3.37. The monoisotopic (exact) mass is 382 g/mol. The van der Waals surface area contributed by atoms with E-state index in [2.05, 4.69) is 29.2 Å². The smallest absolute Gasteiger partial charge is 0.325 e. The van der Waals surface area contributed by atoms with Crippen molar-refractivity contribution in [2.75, 3.05) is 37.6 Å². The SMILES string of the molecule is NC(=O)[C@]12CCCN1C(=O)N(c1ccc(C3(CN4CCCC4)CCC3)cc1)C2. The van der Waals surface area contributed by atoms with Crippen molar-refractivity contribution in [2.45, 2.75) is 55.9 Å². The van der Waals surface area contributed by atoms with Crippen molar-refractivity contribution in [3.05, 3.63) is 29.8 Å². The minimum absolute atomic E-state index is 0.0838. The lowest BCUT2D eigenvalue weighted by molar-refractivity contribution is -0.125. The van der Waals surface area contributed by atoms with Gasteiger partial charge in [-0.15, -0.1) is 0 Å². The van der Waals surface area contributed by atoms with Gasteiger partial charge in [-0.05, 0) is 69.3 Å². The molecule has 1 aromatic rings. The summed E-state index contributed by atoms with van der Waals surface area (Å²) in [5.41, 5.74) is 7.43. The highest BCUT2D eigenvalue weighted by Crippen LogP contribution is 2.45. The van der Waals surface area contributed by atoms with Crippen molar-refractivity contribution >= 4 is 17.6 Å². The van der Waals surface area contributed by atoms with Crippen LogP contribution in [-0.4, -0.2) is 60.0 Å². The zero-order valence-electron chi connectivity index (χ0n) is 16.5. The van der Waals surface area contributed by atoms with E-state index < -0.39 is 5.54 Å². The molecule has 0 bridgehead atoms. The van der Waals surface area contributed by atoms with Crippen LogP contribution in [0, 0.1) is 0 Å². The first kappa shape index (κ1) is 18.0. The molecule has 3 heterocycles. The Morgan fingerprint density at radius 2 is 1.68 bits per heavy atom. The predicted molar refractivity (Wildman–Crippen MR) is 108 cm³/mol. The van der Waals surface area contributed by atoms with Gasteiger partial charge in [-0.1, -0.05) is 18.6 Å². The van der Waals surface area contributed by atoms with Crippen LogP contribution in [0.25, 0.3) is 0 Å². The number of hydrogen-bond acceptors (Lipinski definition) is 3. The van der Waals surface area contributed by atoms with E-state index in [4.69, 9.17) is 5.73 Å². The largest absolute Gasteiger partial charge is 0.368 e. The summed E-state index contributed by atoms with van der Waals surface area (Å²) in [6.07, 6.45) is 7.97. The van der Waals surface area contributed by atoms with E-state index in [1.807, 2.05) is 0 Å². The number of rotatable bonds is 5. The van der Waals surface area contributed by atoms with E-state index in [1.165, 1.54) is 50.8 Å². The van der Waals surface area contributed by atoms with Gasteiger partial charge >= 0.3 is 6.03 Å². The highest BCUT2D eigenvalue weighted by atomic mass is 16.2. The molecular weight excluding hydrogens is 352 g/mol. The van der Waals surface area contributed by atoms with Crippen molar-refractivity contribution in [1.82, 2.24) is 9.80 Å². The number of anilines is 1. The lowest BCUT2D eigenvalue weighted by Crippen LogP contribution is -2.52. The number of hydrogen-bond donors (Lipinski definition) is 1. The van der Waals surface area contributed by atoms with Gasteiger partial charge in [-0.25, -0.2) is 4.79 Å². The molecule has 1 aromatic carbocycles. The molecule has 5 rings (SSSR count). The van der Waals surface area contributed by atoms with E-state index in [0.29, 0.717) is 19.5 Å². The lowest BCUT2D eigenvalue weighted by Gasteiger charge is -2.45. The molecule has 3 saturated heterocycles. The Bertz CT molecular complexity index is 782. The molecule has 4 aliphatic rings. The Morgan fingerprint density at radius 3 is 2.25 bits per heavy atom. The number of fused-ring (bicyclic) bond motifs is 1. The zero-order valence-corrected chi connectivity index (χ0v) is 16.5. The lowest BCUT2D eigenvalue weighted by atomic mass is 9.64. The molecule has 1 saturated carbocycles. The van der Waals surface area contributed by atoms with Gasteiger partial charge in [0.1, 0.15) is 5.54 Å². The highest BCUT2D eigenvalue weighted by Gasteiger charge is 2.56. The summed E-state index contributed by atoms with van der Waals surface area (Å²) in [6, 6.07) is 8.46. The predicted octanol–water partition coefficient (Wildman–Crippen LogP) is 2.46. The molecule has 0 spiro atoms. The molecule has 6 heteroatoms. The third-order valence-corrected chi connectivity index (χ3v) is 7.66. The first-order valence-corrected chi connectivity index (χ1v) is 10.8. The van der Waals surface area contributed by atoms with Gasteiger partial charge in [0, 0.05) is 24.2 Å². The van der Waals surface area contributed by atoms with Crippen molar-refractivity contribution in [3.63, 3.8) is 0 Å². The standard InChI is InChI=1S/C22H30N4O2/c23-19(27)22-11-4-14-26(22)20(28)25(16-22)18-7-5-17(6-8-18)21(9-3-10-21)15-24-12-1-2-13-24/h5-8H,1-4,9-16H2,(H2,23,27)/t22-/m1/s1. The number of benzene rings is 1. The number of carbonyl (C=O) groups is 2. The van der Waals surface area contributed by atoms with Gasteiger partial charge in [0.2, 0.25) is 5.91 Å². The van der Waals surface area contributed by atoms with Gasteiger partial charge in [0.25, 0.3) is 0 Å². The van der Waals surface area contributed by atoms with Crippen LogP contribution < -0.4 is 10.6 Å². The Balaban J connectivity index is 1.37. The molecule has 1 aliphatic carbocycles. The summed E-state index contributed by atoms with van der Waals surface area (Å²) in [5, 5.41) is 0. The van der Waals surface area contributed by atoms with E-state index in [1.54, 1.807) is 9.80 Å². The van der Waals surface area contributed by atoms with Crippen LogP contribution in [0.5, 0.6) is 0 Å². The summed E-state index contributed by atoms with van der Waals surface area (Å²) in [4.78, 5) is 31.1. The van der Waals surface area contributed by atoms with E-state index in [-0.39, 0.29) is 17.4 Å². The number of urea groups is 1. The molecule has 1 atom stereocenters. The minimum Gasteiger partial charge on any atom is -0.368 e. The maximum absolute atomic E-state index is 12.9. The highest BCUT2D eigenvalue weighted by molar-refractivity contribution is 6.02. The Morgan fingerprint density at radius 1 is 0.964 bits per heavy atom. The number of amides is 3. The summed E-state index contributed by atoms with van der Waals surface area (Å²) < 4.78 is 0. The van der Waals surface area contributed by atoms with Crippen LogP contribution >= 0.6 is 0 Å². The molecule has 0 unspecified atom stereocenters. The van der Waals surface area contributed by atoms with Crippen molar-refractivity contribution < 1.29 is 9.59 Å². The van der Waals surface area contributed by atoms with E-state index in [0.717, 1.165) is 18.7 Å². The first-order valence-electron chi connectivity index (χ1n) is 10.8. The third-order valence-electron chi connectivity index (χ3n) is 7.66. The van der Waals surface area contributed by atoms with Gasteiger partial charge in [-0.3, -0.25) is 9.69 Å². The Kier molecular flexibility index (Phi) is 4.16. The number of primary amides is 1. The fourth-order valence-corrected chi connectivity index (χ4v) is 5.84. The Hall–Kier alpha value is -2.08. The fraction of sp³-hybridized carbons (Fsp3) is 0.636. The second kappa shape index (κ2) is 6.48. The maximum Gasteiger partial charge on any atom is 0.325 e. The van der Waals surface area contributed by atoms with Gasteiger partial charge in [0.15, 0.2) is 0 Å². The third kappa shape index (κ3) is 2.57. The molecule has 150 valence electrons. The minimum atomic E-state index is -0.819. The number of likely N-dealkylation sites (tertiary alicyclic amines) is 1. The second-order valence-electron chi connectivity index (χ2n) is 9.18. The molecule has 28 heavy (non-hydrogen) atoms. The van der Waals surface area contributed by atoms with Crippen LogP contribution in [0.2, 0.25) is 0 Å². The maximum atomic E-state index is 12.9. The quantitative estimate of drug-likeness (QED) is 0.850. The normalized spacial score (nSPS) is 29.2. The molecule has 0 aromatic heterocycles. The molecule has 4 fully saturated rings. The molecule has 3 amide bonds. The van der Waals surface area contributed by atoms with Crippen molar-refractivity contribution in [1.29, 1.82) is 0 Å². The van der Waals surface area contributed by atoms with E-state index in [9.17, 15) is 9.59 Å². The van der Waals surface area contributed by atoms with Crippen LogP contribution in [0.1, 0.15) is 50.5 Å². The molecular formula is C22H30N4O2. The average molecular weight is 383 g/mol. The molecule has 6 nitrogen and oxygen atoms in total. The summed E-state index contributed by atoms with van der Waals surface area (Å²) in [6.45, 7) is 4.61. The number of carbonyl (C=O) groups excluding carboxylic acids is 2. The summed E-state index contributed by atoms with van der Waals surface area (Å²) in [7, 11) is 0. The molecule has 2 N–H and O–H groups in total. The zero-order chi connectivity index (χ0) is 19.4. The van der Waals surface area contributed by atoms with Crippen molar-refractivity contribution in [2.24, 2.45) is 5.73 Å². The van der Waals surface area contributed by atoms with Gasteiger partial charge in [0.05, 0.1) is 6.54 Å². The van der Waals surface area contributed by atoms with Gasteiger partial charge in [-0.2, -0.15) is 0 Å². The topological polar surface area (TPSA) is 69.9 Å². The number of nitrogens with zero attached hydrogens (tertiary/aromatic N) is 3. The first-order chi connectivity index (χ1) is 13.5.